The summed E-state index contributed by atoms with van der Waals surface area (Å²) in [4.78, 5) is 17.0. The Bertz CT molecular complexity index is 1650. The fourth-order valence-electron chi connectivity index (χ4n) is 3.25. The van der Waals surface area contributed by atoms with E-state index in [4.69, 9.17) is 4.74 Å². The molecule has 0 radical (unpaired) electrons. The van der Waals surface area contributed by atoms with Gasteiger partial charge in [-0.3, -0.25) is 10.1 Å². The van der Waals surface area contributed by atoms with Crippen LogP contribution in [0.25, 0.3) is 10.2 Å². The molecule has 194 valence electrons. The number of anilines is 1. The number of nitrogens with zero attached hydrogens (tertiary/aromatic N) is 1. The number of aromatic nitrogens is 1. The molecule has 0 unspecified atom stereocenters. The van der Waals surface area contributed by atoms with Crippen molar-refractivity contribution in [2.24, 2.45) is 0 Å². The van der Waals surface area contributed by atoms with Crippen molar-refractivity contribution in [2.45, 2.75) is 11.8 Å². The van der Waals surface area contributed by atoms with Crippen molar-refractivity contribution in [3.8, 4) is 5.75 Å². The number of carbonyl (C=O) groups excluding carboxylic acids is 1. The molecule has 0 saturated heterocycles. The lowest BCUT2D eigenvalue weighted by atomic mass is 10.2. The monoisotopic (exact) mass is 658 g/mol. The van der Waals surface area contributed by atoms with E-state index in [1.165, 1.54) is 30.6 Å². The van der Waals surface area contributed by atoms with Crippen molar-refractivity contribution < 1.29 is 43.7 Å². The summed E-state index contributed by atoms with van der Waals surface area (Å²) >= 11 is 1.14. The number of halogens is 1. The highest BCUT2D eigenvalue weighted by atomic mass is 127. The average Bonchev–Trinajstić information content (AvgIpc) is 3.31. The number of carbonyl (C=O) groups is 1. The topological polar surface area (TPSA) is 108 Å². The molecular formula is C28H23IN2O5S2. The second kappa shape index (κ2) is 12.5. The highest BCUT2D eigenvalue weighted by Crippen LogP contribution is 2.29. The molecule has 5 rings (SSSR count). The van der Waals surface area contributed by atoms with Crippen LogP contribution in [-0.2, 0) is 10.1 Å². The Hall–Kier alpha value is -3.32. The molecule has 1 aromatic heterocycles. The molecule has 0 aliphatic carbocycles. The molecule has 7 nitrogen and oxygen atoms in total. The first-order valence-electron chi connectivity index (χ1n) is 11.3. The lowest BCUT2D eigenvalue weighted by molar-refractivity contribution is -0.597. The molecular weight excluding hydrogens is 635 g/mol. The predicted molar refractivity (Wildman–Crippen MR) is 144 cm³/mol. The molecule has 38 heavy (non-hydrogen) atoms. The third-order valence-electron chi connectivity index (χ3n) is 5.16. The summed E-state index contributed by atoms with van der Waals surface area (Å²) in [6, 6.07) is 29.7. The summed E-state index contributed by atoms with van der Waals surface area (Å²) in [5.74, 6) is 0.640. The highest BCUT2D eigenvalue weighted by Gasteiger charge is 2.18. The van der Waals surface area contributed by atoms with Gasteiger partial charge in [0.2, 0.25) is 0 Å². The first-order valence-corrected chi connectivity index (χ1v) is 15.7. The van der Waals surface area contributed by atoms with Gasteiger partial charge in [0.1, 0.15) is 15.9 Å². The van der Waals surface area contributed by atoms with Crippen LogP contribution in [-0.4, -0.2) is 31.0 Å². The summed E-state index contributed by atoms with van der Waals surface area (Å²) in [5, 5.41) is 3.51. The van der Waals surface area contributed by atoms with Gasteiger partial charge in [0.05, 0.1) is 22.2 Å². The zero-order chi connectivity index (χ0) is 27.1. The molecule has 4 aromatic carbocycles. The molecule has 0 saturated carbocycles. The van der Waals surface area contributed by atoms with Crippen LogP contribution >= 0.6 is 11.3 Å². The number of thiazole rings is 1. The van der Waals surface area contributed by atoms with E-state index in [1.807, 2.05) is 61.5 Å². The number of aryl methyl sites for hydroxylation is 1. The van der Waals surface area contributed by atoms with Gasteiger partial charge in [-0.15, -0.1) is 0 Å². The summed E-state index contributed by atoms with van der Waals surface area (Å²) in [6.45, 7) is 1.82. The van der Waals surface area contributed by atoms with Gasteiger partial charge in [-0.2, -0.15) is 0 Å². The molecule has 1 N–H and O–H groups in total. The zero-order valence-corrected chi connectivity index (χ0v) is 24.2. The van der Waals surface area contributed by atoms with Crippen LogP contribution in [0.3, 0.4) is 0 Å². The van der Waals surface area contributed by atoms with Crippen LogP contribution in [0.1, 0.15) is 15.9 Å². The molecule has 5 aromatic rings. The van der Waals surface area contributed by atoms with Gasteiger partial charge in [0.25, 0.3) is 5.91 Å². The van der Waals surface area contributed by atoms with E-state index in [2.05, 4.69) is 28.5 Å². The number of methoxy groups -OCH3 is 1. The van der Waals surface area contributed by atoms with Gasteiger partial charge < -0.3 is 9.29 Å². The highest BCUT2D eigenvalue weighted by molar-refractivity contribution is 7.85. The Labute approximate surface area is 235 Å². The zero-order valence-electron chi connectivity index (χ0n) is 20.4. The largest absolute Gasteiger partial charge is 0.744 e. The molecule has 0 atom stereocenters. The van der Waals surface area contributed by atoms with E-state index in [1.54, 1.807) is 19.2 Å². The fraction of sp³-hybridized carbons (Fsp3) is 0.0714. The van der Waals surface area contributed by atoms with Crippen molar-refractivity contribution in [3.63, 3.8) is 0 Å². The van der Waals surface area contributed by atoms with Gasteiger partial charge in [-0.05, 0) is 61.5 Å². The van der Waals surface area contributed by atoms with E-state index in [-0.39, 0.29) is 32.0 Å². The fourth-order valence-corrected chi connectivity index (χ4v) is 6.98. The quantitative estimate of drug-likeness (QED) is 0.222. The maximum absolute atomic E-state index is 12.7. The molecule has 0 aliphatic heterocycles. The molecule has 10 heteroatoms. The van der Waals surface area contributed by atoms with Gasteiger partial charge in [-0.1, -0.05) is 53.3 Å². The Balaban J connectivity index is 0.000000257. The summed E-state index contributed by atoms with van der Waals surface area (Å²) in [5.41, 5.74) is 2.43. The van der Waals surface area contributed by atoms with Crippen LogP contribution in [0.5, 0.6) is 5.75 Å². The number of fused-ring (bicyclic) bond motifs is 1. The van der Waals surface area contributed by atoms with Crippen LogP contribution < -0.4 is 31.3 Å². The number of hydrogen-bond donors (Lipinski definition) is 1. The van der Waals surface area contributed by atoms with E-state index in [0.29, 0.717) is 10.7 Å². The Kier molecular flexibility index (Phi) is 9.10. The summed E-state index contributed by atoms with van der Waals surface area (Å²) < 4.78 is 39.9. The third kappa shape index (κ3) is 7.60. The molecule has 0 spiro atoms. The normalized spacial score (nSPS) is 10.9. The molecule has 0 aliphatic rings. The van der Waals surface area contributed by atoms with Gasteiger partial charge in [-0.25, -0.2) is 13.4 Å². The molecule has 1 amide bonds. The smallest absolute Gasteiger partial charge is 0.357 e. The third-order valence-corrected chi connectivity index (χ3v) is 9.58. The number of ether oxygens (including phenoxy) is 1. The van der Waals surface area contributed by atoms with Crippen molar-refractivity contribution in [2.75, 3.05) is 12.4 Å². The van der Waals surface area contributed by atoms with E-state index in [0.717, 1.165) is 21.5 Å². The number of amides is 1. The van der Waals surface area contributed by atoms with Crippen molar-refractivity contribution in [1.82, 2.24) is 4.98 Å². The molecule has 0 fully saturated rings. The van der Waals surface area contributed by atoms with Crippen molar-refractivity contribution in [3.05, 3.63) is 115 Å². The first-order chi connectivity index (χ1) is 18.2. The number of hydrogen-bond acceptors (Lipinski definition) is 7. The van der Waals surface area contributed by atoms with Crippen LogP contribution in [0, 0.1) is 14.1 Å². The van der Waals surface area contributed by atoms with E-state index >= 15 is 0 Å². The molecule has 0 bridgehead atoms. The maximum Gasteiger partial charge on any atom is 0.357 e. The maximum atomic E-state index is 12.7. The van der Waals surface area contributed by atoms with Crippen molar-refractivity contribution >= 4 is 42.7 Å². The van der Waals surface area contributed by atoms with Crippen LogP contribution in [0.2, 0.25) is 0 Å². The summed E-state index contributed by atoms with van der Waals surface area (Å²) in [7, 11) is -2.63. The molecule has 1 heterocycles. The minimum Gasteiger partial charge on any atom is -0.744 e. The lowest BCUT2D eigenvalue weighted by Gasteiger charge is -2.05. The number of nitrogens with one attached hydrogen (secondary N) is 1. The van der Waals surface area contributed by atoms with Gasteiger partial charge in [0.15, 0.2) is 12.3 Å². The Morgan fingerprint density at radius 2 is 1.63 bits per heavy atom. The van der Waals surface area contributed by atoms with Gasteiger partial charge in [0, 0.05) is 11.6 Å². The first kappa shape index (κ1) is 27.7. The van der Waals surface area contributed by atoms with E-state index < -0.39 is 10.1 Å². The van der Waals surface area contributed by atoms with Crippen LogP contribution in [0.15, 0.2) is 102 Å². The lowest BCUT2D eigenvalue weighted by Crippen LogP contribution is -3.61. The summed E-state index contributed by atoms with van der Waals surface area (Å²) in [6.07, 6.45) is 0. The second-order valence-corrected chi connectivity index (χ2v) is 13.4. The predicted octanol–water partition coefficient (Wildman–Crippen LogP) is 2.58. The van der Waals surface area contributed by atoms with E-state index in [9.17, 15) is 17.8 Å². The number of benzene rings is 4. The van der Waals surface area contributed by atoms with Crippen LogP contribution in [0.4, 0.5) is 5.13 Å². The second-order valence-electron chi connectivity index (χ2n) is 7.97. The standard InChI is InChI=1S/C21H15IN2O2S.C7H8O3S/c1-26-17-10-11-18-19(13-17)27-21(23-18)24-20(25)14-6-5-9-16(12-14)22-15-7-3-2-4-8-15;1-6-2-4-7(5-3-6)11(8,9)10/h2-13H,1H3;2-5H,1H3,(H,8,9,10). The van der Waals surface area contributed by atoms with Gasteiger partial charge >= 0.3 is 21.2 Å². The minimum atomic E-state index is -4.27. The Morgan fingerprint density at radius 3 is 2.32 bits per heavy atom. The Morgan fingerprint density at radius 1 is 0.921 bits per heavy atom. The minimum absolute atomic E-state index is 0.139. The SMILES string of the molecule is COc1ccc2nc(NC(=O)c3cccc([I+]c4ccccc4)c3)sc2c1.Cc1ccc(S(=O)(=O)[O-])cc1. The average molecular weight is 659 g/mol. The number of rotatable bonds is 6. The van der Waals surface area contributed by atoms with Crippen molar-refractivity contribution in [1.29, 1.82) is 0 Å².